The van der Waals surface area contributed by atoms with E-state index >= 15 is 0 Å². The van der Waals surface area contributed by atoms with Crippen molar-refractivity contribution in [3.63, 3.8) is 0 Å². The van der Waals surface area contributed by atoms with Crippen molar-refractivity contribution in [2.24, 2.45) is 0 Å². The maximum absolute atomic E-state index is 9.03. The Bertz CT molecular complexity index is 1320. The Morgan fingerprint density at radius 3 is 2.49 bits per heavy atom. The fourth-order valence-corrected chi connectivity index (χ4v) is 4.67. The molecule has 1 saturated heterocycles. The van der Waals surface area contributed by atoms with E-state index in [0.717, 1.165) is 66.4 Å². The second-order valence-corrected chi connectivity index (χ2v) is 8.82. The monoisotopic (exact) mass is 461 g/mol. The molecule has 6 heteroatoms. The lowest BCUT2D eigenvalue weighted by molar-refractivity contribution is 0.203. The number of rotatable bonds is 6. The van der Waals surface area contributed by atoms with E-state index in [4.69, 9.17) is 20.0 Å². The van der Waals surface area contributed by atoms with Crippen LogP contribution in [0.5, 0.6) is 5.75 Å². The minimum absolute atomic E-state index is 0.344. The molecule has 0 atom stereocenters. The molecule has 2 aromatic heterocycles. The van der Waals surface area contributed by atoms with Crippen LogP contribution in [-0.2, 0) is 6.54 Å². The highest BCUT2D eigenvalue weighted by molar-refractivity contribution is 5.69. The maximum atomic E-state index is 9.03. The molecule has 0 aliphatic carbocycles. The van der Waals surface area contributed by atoms with Gasteiger partial charge in [0.1, 0.15) is 5.75 Å². The molecular formula is C29H27N5O. The van der Waals surface area contributed by atoms with Crippen molar-refractivity contribution in [2.45, 2.75) is 25.3 Å². The first-order valence-electron chi connectivity index (χ1n) is 11.9. The van der Waals surface area contributed by atoms with E-state index in [1.54, 1.807) is 19.5 Å². The number of likely N-dealkylation sites (tertiary alicyclic amines) is 1. The minimum Gasteiger partial charge on any atom is -0.497 e. The van der Waals surface area contributed by atoms with Crippen molar-refractivity contribution in [1.82, 2.24) is 19.9 Å². The van der Waals surface area contributed by atoms with Crippen LogP contribution in [0.4, 0.5) is 0 Å². The topological polar surface area (TPSA) is 74.9 Å². The van der Waals surface area contributed by atoms with Gasteiger partial charge in [0.25, 0.3) is 0 Å². The smallest absolute Gasteiger partial charge is 0.159 e. The predicted octanol–water partition coefficient (Wildman–Crippen LogP) is 5.47. The molecule has 5 rings (SSSR count). The first-order chi connectivity index (χ1) is 17.2. The van der Waals surface area contributed by atoms with Crippen LogP contribution in [0.2, 0.25) is 0 Å². The molecule has 6 nitrogen and oxygen atoms in total. The van der Waals surface area contributed by atoms with Gasteiger partial charge in [0.15, 0.2) is 5.82 Å². The number of piperidine rings is 1. The summed E-state index contributed by atoms with van der Waals surface area (Å²) >= 11 is 0. The fraction of sp³-hybridized carbons (Fsp3) is 0.241. The normalized spacial score (nSPS) is 14.4. The minimum atomic E-state index is 0.344. The zero-order valence-corrected chi connectivity index (χ0v) is 19.8. The summed E-state index contributed by atoms with van der Waals surface area (Å²) in [6.07, 6.45) is 7.56. The Morgan fingerprint density at radius 1 is 1.00 bits per heavy atom. The molecule has 3 heterocycles. The number of pyridine rings is 1. The van der Waals surface area contributed by atoms with E-state index in [0.29, 0.717) is 11.5 Å². The van der Waals surface area contributed by atoms with Gasteiger partial charge in [-0.15, -0.1) is 0 Å². The van der Waals surface area contributed by atoms with E-state index in [2.05, 4.69) is 34.2 Å². The lowest BCUT2D eigenvalue weighted by Gasteiger charge is -2.32. The molecule has 0 bridgehead atoms. The van der Waals surface area contributed by atoms with Crippen molar-refractivity contribution in [2.75, 3.05) is 20.2 Å². The van der Waals surface area contributed by atoms with Crippen molar-refractivity contribution in [3.8, 4) is 34.3 Å². The SMILES string of the molecule is COc1cccc(-c2cnc(-c3ccncc3)nc2C2CCN(Cc3ccc(C#N)cc3)CC2)c1. The fourth-order valence-electron chi connectivity index (χ4n) is 4.67. The summed E-state index contributed by atoms with van der Waals surface area (Å²) in [6.45, 7) is 2.89. The quantitative estimate of drug-likeness (QED) is 0.379. The van der Waals surface area contributed by atoms with Crippen molar-refractivity contribution < 1.29 is 4.74 Å². The van der Waals surface area contributed by atoms with Crippen LogP contribution in [-0.4, -0.2) is 40.1 Å². The first-order valence-corrected chi connectivity index (χ1v) is 11.9. The van der Waals surface area contributed by atoms with Gasteiger partial charge in [0, 0.05) is 42.2 Å². The molecule has 0 amide bonds. The molecule has 0 radical (unpaired) electrons. The number of methoxy groups -OCH3 is 1. The van der Waals surface area contributed by atoms with Gasteiger partial charge in [-0.3, -0.25) is 9.88 Å². The summed E-state index contributed by atoms with van der Waals surface area (Å²) in [5.41, 5.74) is 6.13. The molecule has 4 aromatic rings. The molecule has 0 saturated carbocycles. The Morgan fingerprint density at radius 2 is 1.77 bits per heavy atom. The third-order valence-corrected chi connectivity index (χ3v) is 6.60. The van der Waals surface area contributed by atoms with Gasteiger partial charge in [-0.25, -0.2) is 9.97 Å². The van der Waals surface area contributed by atoms with E-state index in [9.17, 15) is 0 Å². The van der Waals surface area contributed by atoms with E-state index < -0.39 is 0 Å². The summed E-state index contributed by atoms with van der Waals surface area (Å²) in [6, 6.07) is 22.1. The van der Waals surface area contributed by atoms with E-state index in [1.807, 2.05) is 48.7 Å². The lowest BCUT2D eigenvalue weighted by Crippen LogP contribution is -2.33. The largest absolute Gasteiger partial charge is 0.497 e. The summed E-state index contributed by atoms with van der Waals surface area (Å²) in [7, 11) is 1.69. The van der Waals surface area contributed by atoms with Crippen molar-refractivity contribution >= 4 is 0 Å². The average molecular weight is 462 g/mol. The summed E-state index contributed by atoms with van der Waals surface area (Å²) < 4.78 is 5.47. The van der Waals surface area contributed by atoms with Gasteiger partial charge in [-0.1, -0.05) is 24.3 Å². The van der Waals surface area contributed by atoms with Crippen LogP contribution < -0.4 is 4.74 Å². The highest BCUT2D eigenvalue weighted by atomic mass is 16.5. The number of nitriles is 1. The third kappa shape index (κ3) is 5.21. The second-order valence-electron chi connectivity index (χ2n) is 8.82. The Kier molecular flexibility index (Phi) is 6.78. The van der Waals surface area contributed by atoms with Gasteiger partial charge in [-0.05, 0) is 73.5 Å². The molecule has 0 N–H and O–H groups in total. The molecule has 1 aliphatic heterocycles. The zero-order chi connectivity index (χ0) is 24.0. The molecule has 0 unspecified atom stereocenters. The summed E-state index contributed by atoms with van der Waals surface area (Å²) in [5.74, 6) is 1.90. The van der Waals surface area contributed by atoms with Crippen LogP contribution in [0.1, 0.15) is 35.6 Å². The van der Waals surface area contributed by atoms with Crippen LogP contribution in [0.15, 0.2) is 79.3 Å². The number of ether oxygens (including phenoxy) is 1. The number of hydrogen-bond acceptors (Lipinski definition) is 6. The van der Waals surface area contributed by atoms with Crippen molar-refractivity contribution in [1.29, 1.82) is 5.26 Å². The standard InChI is InChI=1S/C29H27N5O/c1-35-26-4-2-3-25(17-26)27-19-32-29(24-9-13-31-14-10-24)33-28(27)23-11-15-34(16-12-23)20-22-7-5-21(18-30)6-8-22/h2-10,13-14,17,19,23H,11-12,15-16,20H2,1H3. The summed E-state index contributed by atoms with van der Waals surface area (Å²) in [5, 5.41) is 9.03. The van der Waals surface area contributed by atoms with Crippen LogP contribution >= 0.6 is 0 Å². The first kappa shape index (κ1) is 22.7. The van der Waals surface area contributed by atoms with Gasteiger partial charge in [0.05, 0.1) is 24.4 Å². The number of benzene rings is 2. The average Bonchev–Trinajstić information content (AvgIpc) is 2.94. The van der Waals surface area contributed by atoms with Crippen LogP contribution in [0.25, 0.3) is 22.5 Å². The van der Waals surface area contributed by atoms with Gasteiger partial charge in [-0.2, -0.15) is 5.26 Å². The number of hydrogen-bond donors (Lipinski definition) is 0. The van der Waals surface area contributed by atoms with Gasteiger partial charge < -0.3 is 4.74 Å². The molecule has 174 valence electrons. The van der Waals surface area contributed by atoms with E-state index in [1.165, 1.54) is 5.56 Å². The molecule has 1 aliphatic rings. The Balaban J connectivity index is 1.40. The molecule has 0 spiro atoms. The number of aromatic nitrogens is 3. The highest BCUT2D eigenvalue weighted by Crippen LogP contribution is 2.36. The lowest BCUT2D eigenvalue weighted by atomic mass is 9.88. The third-order valence-electron chi connectivity index (χ3n) is 6.60. The molecule has 1 fully saturated rings. The second kappa shape index (κ2) is 10.5. The maximum Gasteiger partial charge on any atom is 0.159 e. The molecular weight excluding hydrogens is 434 g/mol. The number of nitrogens with zero attached hydrogens (tertiary/aromatic N) is 5. The molecule has 35 heavy (non-hydrogen) atoms. The Labute approximate surface area is 205 Å². The van der Waals surface area contributed by atoms with E-state index in [-0.39, 0.29) is 0 Å². The highest BCUT2D eigenvalue weighted by Gasteiger charge is 2.25. The zero-order valence-electron chi connectivity index (χ0n) is 19.8. The van der Waals surface area contributed by atoms with Crippen molar-refractivity contribution in [3.05, 3.63) is 96.1 Å². The Hall–Kier alpha value is -4.08. The van der Waals surface area contributed by atoms with Gasteiger partial charge >= 0.3 is 0 Å². The summed E-state index contributed by atoms with van der Waals surface area (Å²) in [4.78, 5) is 16.4. The van der Waals surface area contributed by atoms with Gasteiger partial charge in [0.2, 0.25) is 0 Å². The molecule has 2 aromatic carbocycles. The predicted molar refractivity (Wildman–Crippen MR) is 136 cm³/mol. The van der Waals surface area contributed by atoms with Crippen LogP contribution in [0, 0.1) is 11.3 Å². The van der Waals surface area contributed by atoms with Crippen LogP contribution in [0.3, 0.4) is 0 Å².